The van der Waals surface area contributed by atoms with E-state index in [0.717, 1.165) is 50.5 Å². The maximum atomic E-state index is 12.1. The van der Waals surface area contributed by atoms with E-state index >= 15 is 0 Å². The van der Waals surface area contributed by atoms with Gasteiger partial charge in [-0.25, -0.2) is 4.79 Å². The van der Waals surface area contributed by atoms with Crippen LogP contribution in [0, 0.1) is 28.6 Å². The van der Waals surface area contributed by atoms with Crippen LogP contribution in [0.25, 0.3) is 0 Å². The molecule has 1 N–H and O–H groups in total. The Morgan fingerprint density at radius 2 is 1.94 bits per heavy atom. The van der Waals surface area contributed by atoms with Gasteiger partial charge in [-0.2, -0.15) is 0 Å². The number of aliphatic hydroxyl groups is 1. The average molecular weight is 443 g/mol. The summed E-state index contributed by atoms with van der Waals surface area (Å²) in [6.07, 6.45) is 8.20. The smallest absolute Gasteiger partial charge is 0.335 e. The zero-order valence-electron chi connectivity index (χ0n) is 19.2. The van der Waals surface area contributed by atoms with Crippen LogP contribution >= 0.6 is 0 Å². The summed E-state index contributed by atoms with van der Waals surface area (Å²) in [5, 5.41) is 10.3. The van der Waals surface area contributed by atoms with E-state index in [4.69, 9.17) is 13.9 Å². The Labute approximate surface area is 188 Å². The molecule has 1 aliphatic heterocycles. The van der Waals surface area contributed by atoms with Crippen molar-refractivity contribution in [3.8, 4) is 0 Å². The van der Waals surface area contributed by atoms with Crippen molar-refractivity contribution in [3.63, 3.8) is 0 Å². The van der Waals surface area contributed by atoms with Gasteiger partial charge >= 0.3 is 11.6 Å². The maximum Gasteiger partial charge on any atom is 0.335 e. The van der Waals surface area contributed by atoms with Gasteiger partial charge in [-0.3, -0.25) is 4.79 Å². The summed E-state index contributed by atoms with van der Waals surface area (Å²) in [5.74, 6) is 1.24. The largest absolute Gasteiger partial charge is 0.459 e. The third-order valence-electron chi connectivity index (χ3n) is 10.5. The third-order valence-corrected chi connectivity index (χ3v) is 10.5. The van der Waals surface area contributed by atoms with Crippen LogP contribution in [0.3, 0.4) is 0 Å². The molecule has 0 aromatic carbocycles. The van der Waals surface area contributed by atoms with Crippen molar-refractivity contribution in [1.82, 2.24) is 0 Å². The Kier molecular flexibility index (Phi) is 4.37. The average Bonchev–Trinajstić information content (AvgIpc) is 3.44. The van der Waals surface area contributed by atoms with E-state index < -0.39 is 0 Å². The first-order chi connectivity index (χ1) is 15.2. The van der Waals surface area contributed by atoms with Crippen molar-refractivity contribution in [2.24, 2.45) is 28.6 Å². The normalized spacial score (nSPS) is 51.1. The minimum absolute atomic E-state index is 0.0471. The zero-order valence-corrected chi connectivity index (χ0v) is 19.2. The monoisotopic (exact) mass is 442 g/mol. The SMILES string of the molecule is CC(=O)OC1[C@H]2O[C@]23C2CC[C@@H]4C[C@@H](O)CC[C@]4(C)C2CC[C@]3(C)[C@H]1c1ccc(=O)oc1. The molecule has 32 heavy (non-hydrogen) atoms. The van der Waals surface area contributed by atoms with E-state index in [9.17, 15) is 14.7 Å². The van der Waals surface area contributed by atoms with Crippen molar-refractivity contribution in [3.05, 3.63) is 34.4 Å². The quantitative estimate of drug-likeness (QED) is 0.554. The molecule has 5 fully saturated rings. The molecular weight excluding hydrogens is 408 g/mol. The van der Waals surface area contributed by atoms with Gasteiger partial charge in [-0.05, 0) is 79.7 Å². The first kappa shape index (κ1) is 20.9. The topological polar surface area (TPSA) is 89.3 Å². The van der Waals surface area contributed by atoms with Crippen LogP contribution in [-0.2, 0) is 14.3 Å². The van der Waals surface area contributed by atoms with Crippen molar-refractivity contribution in [1.29, 1.82) is 0 Å². The molecule has 0 amide bonds. The fraction of sp³-hybridized carbons (Fsp3) is 0.769. The van der Waals surface area contributed by atoms with Crippen molar-refractivity contribution >= 4 is 5.97 Å². The highest BCUT2D eigenvalue weighted by atomic mass is 16.7. The molecule has 5 aliphatic rings. The maximum absolute atomic E-state index is 12.1. The molecule has 1 saturated heterocycles. The molecule has 1 aromatic heterocycles. The summed E-state index contributed by atoms with van der Waals surface area (Å²) in [7, 11) is 0. The van der Waals surface area contributed by atoms with Crippen LogP contribution < -0.4 is 5.63 Å². The van der Waals surface area contributed by atoms with Gasteiger partial charge in [0.1, 0.15) is 17.8 Å². The van der Waals surface area contributed by atoms with Gasteiger partial charge in [0, 0.05) is 24.3 Å². The van der Waals surface area contributed by atoms with E-state index in [-0.39, 0.29) is 52.3 Å². The number of carbonyl (C=O) groups is 1. The van der Waals surface area contributed by atoms with E-state index in [1.165, 1.54) is 13.0 Å². The number of carbonyl (C=O) groups excluding carboxylic acids is 1. The van der Waals surface area contributed by atoms with Crippen molar-refractivity contribution in [2.75, 3.05) is 0 Å². The Balaban J connectivity index is 1.41. The zero-order chi connectivity index (χ0) is 22.5. The molecule has 6 heteroatoms. The summed E-state index contributed by atoms with van der Waals surface area (Å²) in [4.78, 5) is 23.7. The van der Waals surface area contributed by atoms with Crippen molar-refractivity contribution in [2.45, 2.75) is 95.5 Å². The fourth-order valence-electron chi connectivity index (χ4n) is 9.10. The molecule has 0 radical (unpaired) electrons. The lowest BCUT2D eigenvalue weighted by Gasteiger charge is -2.61. The molecule has 6 nitrogen and oxygen atoms in total. The lowest BCUT2D eigenvalue weighted by Crippen LogP contribution is -2.58. The minimum atomic E-state index is -0.369. The first-order valence-corrected chi connectivity index (χ1v) is 12.3. The number of hydrogen-bond donors (Lipinski definition) is 1. The molecule has 6 rings (SSSR count). The highest BCUT2D eigenvalue weighted by molar-refractivity contribution is 5.66. The predicted octanol–water partition coefficient (Wildman–Crippen LogP) is 3.80. The molecule has 174 valence electrons. The Hall–Kier alpha value is -1.66. The van der Waals surface area contributed by atoms with Crippen LogP contribution in [0.15, 0.2) is 27.6 Å². The molecule has 10 atom stereocenters. The van der Waals surface area contributed by atoms with E-state index in [1.54, 1.807) is 6.26 Å². The van der Waals surface area contributed by atoms with Gasteiger partial charge < -0.3 is 19.0 Å². The van der Waals surface area contributed by atoms with Crippen LogP contribution in [0.2, 0.25) is 0 Å². The Morgan fingerprint density at radius 3 is 2.66 bits per heavy atom. The van der Waals surface area contributed by atoms with Gasteiger partial charge in [0.15, 0.2) is 0 Å². The number of rotatable bonds is 2. The Bertz CT molecular complexity index is 982. The van der Waals surface area contributed by atoms with E-state index in [0.29, 0.717) is 17.8 Å². The summed E-state index contributed by atoms with van der Waals surface area (Å²) >= 11 is 0. The third kappa shape index (κ3) is 2.54. The summed E-state index contributed by atoms with van der Waals surface area (Å²) in [6.45, 7) is 6.23. The molecule has 4 aliphatic carbocycles. The van der Waals surface area contributed by atoms with Crippen LogP contribution in [-0.4, -0.2) is 35.0 Å². The van der Waals surface area contributed by atoms with Gasteiger partial charge in [0.25, 0.3) is 0 Å². The summed E-state index contributed by atoms with van der Waals surface area (Å²) < 4.78 is 17.8. The minimum Gasteiger partial charge on any atom is -0.459 e. The lowest BCUT2D eigenvalue weighted by atomic mass is 9.44. The molecule has 1 aromatic rings. The van der Waals surface area contributed by atoms with Crippen LogP contribution in [0.1, 0.15) is 77.2 Å². The lowest BCUT2D eigenvalue weighted by molar-refractivity contribution is -0.158. The molecular formula is C26H34O6. The molecule has 0 bridgehead atoms. The molecule has 4 saturated carbocycles. The van der Waals surface area contributed by atoms with Gasteiger partial charge in [0.05, 0.1) is 12.4 Å². The predicted molar refractivity (Wildman–Crippen MR) is 116 cm³/mol. The van der Waals surface area contributed by atoms with Gasteiger partial charge in [-0.15, -0.1) is 0 Å². The molecule has 1 spiro atoms. The number of fused-ring (bicyclic) bond motifs is 3. The van der Waals surface area contributed by atoms with E-state index in [2.05, 4.69) is 13.8 Å². The first-order valence-electron chi connectivity index (χ1n) is 12.3. The molecule has 3 unspecified atom stereocenters. The number of esters is 1. The molecule has 2 heterocycles. The van der Waals surface area contributed by atoms with Gasteiger partial charge in [-0.1, -0.05) is 13.8 Å². The second-order valence-corrected chi connectivity index (χ2v) is 11.6. The standard InChI is InChI=1S/C26H34O6/c1-14(27)31-22-21(15-4-7-20(29)30-13-15)25(3)11-9-18-19(26(25)23(22)32-26)6-5-16-12-17(28)8-10-24(16,18)2/h4,7,13,16-19,21-23,28H,5-6,8-12H2,1-3H3/t16-,17+,18?,19?,21+,22?,23-,24+,25-,26-/m1/s1. The number of epoxide rings is 1. The number of ether oxygens (including phenoxy) is 2. The number of aliphatic hydroxyl groups excluding tert-OH is 1. The highest BCUT2D eigenvalue weighted by Crippen LogP contribution is 2.78. The van der Waals surface area contributed by atoms with Crippen LogP contribution in [0.5, 0.6) is 0 Å². The Morgan fingerprint density at radius 1 is 1.12 bits per heavy atom. The van der Waals surface area contributed by atoms with Gasteiger partial charge in [0.2, 0.25) is 0 Å². The number of hydrogen-bond acceptors (Lipinski definition) is 6. The summed E-state index contributed by atoms with van der Waals surface area (Å²) in [5.41, 5.74) is 0.319. The van der Waals surface area contributed by atoms with Crippen molar-refractivity contribution < 1.29 is 23.8 Å². The second kappa shape index (κ2) is 6.69. The van der Waals surface area contributed by atoms with Crippen LogP contribution in [0.4, 0.5) is 0 Å². The highest BCUT2D eigenvalue weighted by Gasteiger charge is 2.84. The summed E-state index contributed by atoms with van der Waals surface area (Å²) in [6, 6.07) is 3.30. The second-order valence-electron chi connectivity index (χ2n) is 11.6. The fourth-order valence-corrected chi connectivity index (χ4v) is 9.10. The van der Waals surface area contributed by atoms with E-state index in [1.807, 2.05) is 6.07 Å².